The zero-order valence-corrected chi connectivity index (χ0v) is 20.9. The Labute approximate surface area is 215 Å². The van der Waals surface area contributed by atoms with Crippen molar-refractivity contribution < 1.29 is 38.2 Å². The first-order valence-electron chi connectivity index (χ1n) is 11.5. The van der Waals surface area contributed by atoms with Crippen LogP contribution in [0.5, 0.6) is 17.2 Å². The van der Waals surface area contributed by atoms with Gasteiger partial charge in [-0.15, -0.1) is 0 Å². The van der Waals surface area contributed by atoms with Gasteiger partial charge in [0.05, 0.1) is 19.8 Å². The van der Waals surface area contributed by atoms with E-state index in [0.29, 0.717) is 12.8 Å². The van der Waals surface area contributed by atoms with Gasteiger partial charge in [0.15, 0.2) is 23.1 Å². The molecule has 1 spiro atoms. The van der Waals surface area contributed by atoms with Crippen molar-refractivity contribution in [2.45, 2.75) is 44.4 Å². The molecule has 2 aromatic rings. The maximum atomic E-state index is 13.7. The van der Waals surface area contributed by atoms with Crippen LogP contribution in [0.25, 0.3) is 0 Å². The van der Waals surface area contributed by atoms with Gasteiger partial charge in [-0.25, -0.2) is 0 Å². The van der Waals surface area contributed by atoms with Gasteiger partial charge in [0, 0.05) is 31.0 Å². The number of fused-ring (bicyclic) bond motifs is 1. The highest BCUT2D eigenvalue weighted by Crippen LogP contribution is 2.54. The summed E-state index contributed by atoms with van der Waals surface area (Å²) in [4.78, 5) is 46.4. The quantitative estimate of drug-likeness (QED) is 0.531. The summed E-state index contributed by atoms with van der Waals surface area (Å²) in [6.07, 6.45) is 2.01. The topological polar surface area (TPSA) is 162 Å². The summed E-state index contributed by atoms with van der Waals surface area (Å²) in [6, 6.07) is 1.11. The second-order valence-corrected chi connectivity index (χ2v) is 9.31. The molecule has 1 amide bonds. The normalized spacial score (nSPS) is 25.1. The van der Waals surface area contributed by atoms with Crippen LogP contribution in [0.3, 0.4) is 0 Å². The van der Waals surface area contributed by atoms with Gasteiger partial charge < -0.3 is 29.2 Å². The fraction of sp³-hybridized carbons (Fsp3) is 0.417. The highest BCUT2D eigenvalue weighted by molar-refractivity contribution is 6.35. The number of allylic oxidation sites excluding steroid dienone is 1. The van der Waals surface area contributed by atoms with Crippen molar-refractivity contribution in [3.63, 3.8) is 0 Å². The molecule has 2 aliphatic heterocycles. The molecule has 5 rings (SSSR count). The number of aliphatic hydroxyl groups excluding tert-OH is 1. The first-order chi connectivity index (χ1) is 17.7. The predicted octanol–water partition coefficient (Wildman–Crippen LogP) is 2.70. The van der Waals surface area contributed by atoms with Crippen molar-refractivity contribution in [2.24, 2.45) is 10.9 Å². The van der Waals surface area contributed by atoms with Gasteiger partial charge in [0.2, 0.25) is 23.2 Å². The molecule has 1 fully saturated rings. The highest BCUT2D eigenvalue weighted by atomic mass is 35.5. The van der Waals surface area contributed by atoms with Gasteiger partial charge in [0.25, 0.3) is 0 Å². The Hall–Kier alpha value is -3.93. The van der Waals surface area contributed by atoms with Crippen LogP contribution in [0.1, 0.15) is 54.3 Å². The summed E-state index contributed by atoms with van der Waals surface area (Å²) >= 11 is 6.43. The molecular formula is C24H23ClN4O8. The van der Waals surface area contributed by atoms with E-state index in [9.17, 15) is 19.5 Å². The fourth-order valence-electron chi connectivity index (χ4n) is 4.80. The van der Waals surface area contributed by atoms with Crippen LogP contribution in [0, 0.1) is 5.92 Å². The molecule has 1 aromatic carbocycles. The third-order valence-corrected chi connectivity index (χ3v) is 7.10. The van der Waals surface area contributed by atoms with E-state index in [-0.39, 0.29) is 70.0 Å². The minimum atomic E-state index is -1.89. The Morgan fingerprint density at radius 1 is 1.30 bits per heavy atom. The number of aliphatic imine (C=N–C) groups is 1. The SMILES string of the molecule is COc1cc(OC)c2c(c1Cl)OC1(C2=O)C(O)=C(C=NCc2noc(C3CCC(=O)N3)n2)C(=O)CC1C. The van der Waals surface area contributed by atoms with E-state index in [4.69, 9.17) is 30.3 Å². The van der Waals surface area contributed by atoms with Crippen molar-refractivity contribution in [1.82, 2.24) is 15.5 Å². The van der Waals surface area contributed by atoms with Gasteiger partial charge >= 0.3 is 0 Å². The van der Waals surface area contributed by atoms with E-state index in [1.165, 1.54) is 20.3 Å². The molecule has 1 aromatic heterocycles. The summed E-state index contributed by atoms with van der Waals surface area (Å²) in [5.41, 5.74) is -2.01. The molecule has 0 saturated carbocycles. The molecular weight excluding hydrogens is 508 g/mol. The number of amides is 1. The van der Waals surface area contributed by atoms with Crippen LogP contribution >= 0.6 is 11.6 Å². The van der Waals surface area contributed by atoms with Gasteiger partial charge in [0.1, 0.15) is 34.7 Å². The standard InChI is InChI=1S/C24H23ClN4O8/c1-10-6-13(30)11(8-26-9-16-28-23(37-29-16)12-4-5-17(31)27-12)21(32)24(10)22(33)18-14(34-2)7-15(35-3)19(25)20(18)36-24/h7-8,10,12,32H,4-6,9H2,1-3H3,(H,27,31). The summed E-state index contributed by atoms with van der Waals surface area (Å²) in [5.74, 6) is -1.49. The Balaban J connectivity index is 1.45. The molecule has 1 saturated heterocycles. The van der Waals surface area contributed by atoms with E-state index in [2.05, 4.69) is 20.4 Å². The number of aliphatic hydroxyl groups is 1. The second kappa shape index (κ2) is 9.18. The molecule has 2 N–H and O–H groups in total. The third-order valence-electron chi connectivity index (χ3n) is 6.74. The molecule has 0 radical (unpaired) electrons. The van der Waals surface area contributed by atoms with E-state index >= 15 is 0 Å². The van der Waals surface area contributed by atoms with Crippen LogP contribution in [-0.2, 0) is 16.1 Å². The molecule has 3 aliphatic rings. The lowest BCUT2D eigenvalue weighted by molar-refractivity contribution is -0.120. The Kier molecular flexibility index (Phi) is 6.14. The smallest absolute Gasteiger partial charge is 0.249 e. The number of methoxy groups -OCH3 is 2. The number of ketones is 2. The lowest BCUT2D eigenvalue weighted by atomic mass is 9.73. The molecule has 0 bridgehead atoms. The van der Waals surface area contributed by atoms with Crippen molar-refractivity contribution in [2.75, 3.05) is 14.2 Å². The second-order valence-electron chi connectivity index (χ2n) is 8.93. The van der Waals surface area contributed by atoms with Gasteiger partial charge in [-0.2, -0.15) is 4.98 Å². The van der Waals surface area contributed by atoms with Crippen LogP contribution < -0.4 is 19.5 Å². The zero-order valence-electron chi connectivity index (χ0n) is 20.2. The summed E-state index contributed by atoms with van der Waals surface area (Å²) < 4.78 is 21.9. The highest BCUT2D eigenvalue weighted by Gasteiger charge is 2.60. The molecule has 194 valence electrons. The Morgan fingerprint density at radius 2 is 2.05 bits per heavy atom. The molecule has 37 heavy (non-hydrogen) atoms. The van der Waals surface area contributed by atoms with E-state index in [1.54, 1.807) is 6.92 Å². The zero-order chi connectivity index (χ0) is 26.5. The lowest BCUT2D eigenvalue weighted by Gasteiger charge is -2.36. The average Bonchev–Trinajstić information content (AvgIpc) is 3.59. The molecule has 13 heteroatoms. The lowest BCUT2D eigenvalue weighted by Crippen LogP contribution is -2.52. The number of hydrogen-bond donors (Lipinski definition) is 2. The number of carbonyl (C=O) groups excluding carboxylic acids is 3. The van der Waals surface area contributed by atoms with Crippen molar-refractivity contribution in [3.05, 3.63) is 39.7 Å². The Morgan fingerprint density at radius 3 is 2.73 bits per heavy atom. The fourth-order valence-corrected chi connectivity index (χ4v) is 5.07. The molecule has 3 heterocycles. The van der Waals surface area contributed by atoms with Gasteiger partial charge in [-0.3, -0.25) is 19.4 Å². The van der Waals surface area contributed by atoms with Crippen LogP contribution in [0.2, 0.25) is 5.02 Å². The van der Waals surface area contributed by atoms with E-state index < -0.39 is 28.8 Å². The van der Waals surface area contributed by atoms with Crippen LogP contribution in [0.4, 0.5) is 0 Å². The maximum Gasteiger partial charge on any atom is 0.249 e. The number of carbonyl (C=O) groups is 3. The van der Waals surface area contributed by atoms with Crippen molar-refractivity contribution in [3.8, 4) is 17.2 Å². The molecule has 12 nitrogen and oxygen atoms in total. The van der Waals surface area contributed by atoms with Crippen molar-refractivity contribution in [1.29, 1.82) is 0 Å². The molecule has 3 unspecified atom stereocenters. The number of halogens is 1. The number of nitrogens with one attached hydrogen (secondary N) is 1. The number of nitrogens with zero attached hydrogens (tertiary/aromatic N) is 3. The first kappa shape index (κ1) is 24.8. The van der Waals surface area contributed by atoms with Crippen molar-refractivity contribution >= 4 is 35.3 Å². The molecule has 1 aliphatic carbocycles. The minimum absolute atomic E-state index is 0.00485. The summed E-state index contributed by atoms with van der Waals surface area (Å²) in [6.45, 7) is 1.56. The minimum Gasteiger partial charge on any atom is -0.507 e. The number of benzene rings is 1. The maximum absolute atomic E-state index is 13.7. The van der Waals surface area contributed by atoms with E-state index in [1.807, 2.05) is 0 Å². The largest absolute Gasteiger partial charge is 0.507 e. The number of rotatable bonds is 6. The van der Waals surface area contributed by atoms with E-state index in [0.717, 1.165) is 6.21 Å². The van der Waals surface area contributed by atoms with Crippen LogP contribution in [0.15, 0.2) is 26.9 Å². The molecule has 3 atom stereocenters. The number of hydrogen-bond acceptors (Lipinski definition) is 11. The Bertz CT molecular complexity index is 1380. The first-order valence-corrected chi connectivity index (χ1v) is 11.9. The average molecular weight is 531 g/mol. The van der Waals surface area contributed by atoms with Gasteiger partial charge in [-0.1, -0.05) is 23.7 Å². The summed E-state index contributed by atoms with van der Waals surface area (Å²) in [7, 11) is 2.79. The van der Waals surface area contributed by atoms with Gasteiger partial charge in [-0.05, 0) is 6.42 Å². The monoisotopic (exact) mass is 530 g/mol. The summed E-state index contributed by atoms with van der Waals surface area (Å²) in [5, 5.41) is 17.9. The van der Waals surface area contributed by atoms with Crippen LogP contribution in [-0.4, -0.2) is 58.8 Å². The third kappa shape index (κ3) is 3.82. The predicted molar refractivity (Wildman–Crippen MR) is 127 cm³/mol. The number of aromatic nitrogens is 2. The number of Topliss-reactive ketones (excluding diaryl/α,β-unsaturated/α-hetero) is 2. The number of ether oxygens (including phenoxy) is 3.